The Labute approximate surface area is 207 Å². The van der Waals surface area contributed by atoms with Crippen molar-refractivity contribution in [3.05, 3.63) is 65.8 Å². The molecule has 176 valence electrons. The van der Waals surface area contributed by atoms with Gasteiger partial charge in [0, 0.05) is 28.4 Å². The molecular weight excluding hydrogens is 472 g/mol. The summed E-state index contributed by atoms with van der Waals surface area (Å²) in [5, 5.41) is 16.9. The van der Waals surface area contributed by atoms with Crippen LogP contribution >= 0.6 is 23.4 Å². The third-order valence-electron chi connectivity index (χ3n) is 5.13. The van der Waals surface area contributed by atoms with Gasteiger partial charge in [-0.1, -0.05) is 23.4 Å². The smallest absolute Gasteiger partial charge is 0.238 e. The predicted molar refractivity (Wildman–Crippen MR) is 135 cm³/mol. The highest BCUT2D eigenvalue weighted by atomic mass is 35.5. The van der Waals surface area contributed by atoms with E-state index in [-0.39, 0.29) is 11.9 Å². The number of benzene rings is 2. The molecule has 0 aliphatic heterocycles. The van der Waals surface area contributed by atoms with E-state index in [1.165, 1.54) is 11.8 Å². The number of carbonyl (C=O) groups excluding carboxylic acids is 1. The van der Waals surface area contributed by atoms with Gasteiger partial charge in [-0.05, 0) is 69.3 Å². The summed E-state index contributed by atoms with van der Waals surface area (Å²) in [5.74, 6) is 1.90. The van der Waals surface area contributed by atoms with Crippen LogP contribution in [0.4, 0.5) is 5.82 Å². The minimum absolute atomic E-state index is 0.133. The van der Waals surface area contributed by atoms with Gasteiger partial charge in [-0.3, -0.25) is 9.36 Å². The molecule has 34 heavy (non-hydrogen) atoms. The van der Waals surface area contributed by atoms with Gasteiger partial charge in [0.15, 0.2) is 11.0 Å². The lowest BCUT2D eigenvalue weighted by atomic mass is 10.2. The molecule has 2 aromatic carbocycles. The van der Waals surface area contributed by atoms with Gasteiger partial charge in [0.1, 0.15) is 11.6 Å². The van der Waals surface area contributed by atoms with E-state index in [1.807, 2.05) is 73.9 Å². The maximum absolute atomic E-state index is 13.0. The second-order valence-electron chi connectivity index (χ2n) is 7.85. The van der Waals surface area contributed by atoms with Crippen LogP contribution in [-0.2, 0) is 4.79 Å². The predicted octanol–water partition coefficient (Wildman–Crippen LogP) is 5.49. The first kappa shape index (κ1) is 23.8. The van der Waals surface area contributed by atoms with E-state index < -0.39 is 5.25 Å². The van der Waals surface area contributed by atoms with Crippen molar-refractivity contribution in [2.75, 3.05) is 12.4 Å². The van der Waals surface area contributed by atoms with Crippen molar-refractivity contribution in [2.24, 2.45) is 0 Å². The zero-order valence-electron chi connectivity index (χ0n) is 19.3. The fourth-order valence-corrected chi connectivity index (χ4v) is 4.35. The van der Waals surface area contributed by atoms with Gasteiger partial charge in [0.2, 0.25) is 5.91 Å². The van der Waals surface area contributed by atoms with E-state index in [9.17, 15) is 4.79 Å². The van der Waals surface area contributed by atoms with Crippen LogP contribution in [0.3, 0.4) is 0 Å². The number of amides is 1. The molecule has 10 heteroatoms. The molecule has 4 rings (SSSR count). The van der Waals surface area contributed by atoms with Crippen molar-refractivity contribution in [3.8, 4) is 22.8 Å². The summed E-state index contributed by atoms with van der Waals surface area (Å²) in [6.45, 7) is 5.86. The zero-order valence-corrected chi connectivity index (χ0v) is 20.8. The van der Waals surface area contributed by atoms with Gasteiger partial charge >= 0.3 is 0 Å². The highest BCUT2D eigenvalue weighted by Crippen LogP contribution is 2.31. The van der Waals surface area contributed by atoms with Crippen molar-refractivity contribution >= 4 is 35.1 Å². The Balaban J connectivity index is 1.64. The number of methoxy groups -OCH3 is 1. The molecule has 4 aromatic rings. The van der Waals surface area contributed by atoms with Gasteiger partial charge in [0.25, 0.3) is 0 Å². The lowest BCUT2D eigenvalue weighted by molar-refractivity contribution is -0.115. The number of hydrogen-bond donors (Lipinski definition) is 1. The first-order valence-electron chi connectivity index (χ1n) is 10.7. The largest absolute Gasteiger partial charge is 0.497 e. The number of carbonyl (C=O) groups is 1. The first-order chi connectivity index (χ1) is 16.4. The quantitative estimate of drug-likeness (QED) is 0.324. The van der Waals surface area contributed by atoms with Crippen LogP contribution < -0.4 is 10.1 Å². The summed E-state index contributed by atoms with van der Waals surface area (Å²) in [7, 11) is 1.62. The molecule has 0 aliphatic carbocycles. The standard InChI is InChI=1S/C24H25ClN6O2S/c1-15(2)31-21(13-14-26-31)27-23(32)16(3)34-24-29-28-22(17-5-7-18(25)8-6-17)30(24)19-9-11-20(33-4)12-10-19/h5-16H,1-4H3,(H,27,32). The molecule has 2 aromatic heterocycles. The summed E-state index contributed by atoms with van der Waals surface area (Å²) < 4.78 is 8.99. The molecule has 1 atom stereocenters. The Kier molecular flexibility index (Phi) is 7.23. The molecular formula is C24H25ClN6O2S. The number of nitrogens with zero attached hydrogens (tertiary/aromatic N) is 5. The average molecular weight is 497 g/mol. The number of anilines is 1. The van der Waals surface area contributed by atoms with Crippen molar-refractivity contribution in [2.45, 2.75) is 37.2 Å². The Bertz CT molecular complexity index is 1270. The molecule has 8 nitrogen and oxygen atoms in total. The minimum atomic E-state index is -0.435. The van der Waals surface area contributed by atoms with E-state index >= 15 is 0 Å². The number of rotatable bonds is 8. The van der Waals surface area contributed by atoms with Crippen LogP contribution in [0, 0.1) is 0 Å². The first-order valence-corrected chi connectivity index (χ1v) is 12.0. The Morgan fingerprint density at radius 3 is 2.38 bits per heavy atom. The molecule has 0 fully saturated rings. The van der Waals surface area contributed by atoms with Crippen molar-refractivity contribution in [1.29, 1.82) is 0 Å². The number of hydrogen-bond acceptors (Lipinski definition) is 6. The van der Waals surface area contributed by atoms with Crippen LogP contribution in [0.2, 0.25) is 5.02 Å². The van der Waals surface area contributed by atoms with Gasteiger partial charge in [-0.2, -0.15) is 5.10 Å². The van der Waals surface area contributed by atoms with Gasteiger partial charge in [-0.25, -0.2) is 4.68 Å². The fourth-order valence-electron chi connectivity index (χ4n) is 3.36. The fraction of sp³-hybridized carbons (Fsp3) is 0.250. The molecule has 1 amide bonds. The Morgan fingerprint density at radius 1 is 1.03 bits per heavy atom. The van der Waals surface area contributed by atoms with Gasteiger partial charge in [-0.15, -0.1) is 10.2 Å². The average Bonchev–Trinajstić information content (AvgIpc) is 3.47. The van der Waals surface area contributed by atoms with Crippen molar-refractivity contribution < 1.29 is 9.53 Å². The van der Waals surface area contributed by atoms with Crippen molar-refractivity contribution in [3.63, 3.8) is 0 Å². The van der Waals surface area contributed by atoms with Gasteiger partial charge < -0.3 is 10.1 Å². The summed E-state index contributed by atoms with van der Waals surface area (Å²) in [6, 6.07) is 16.9. The molecule has 0 bridgehead atoms. The maximum atomic E-state index is 13.0. The number of nitrogens with one attached hydrogen (secondary N) is 1. The topological polar surface area (TPSA) is 86.9 Å². The molecule has 2 heterocycles. The normalized spacial score (nSPS) is 12.1. The Hall–Kier alpha value is -3.30. The highest BCUT2D eigenvalue weighted by Gasteiger charge is 2.23. The van der Waals surface area contributed by atoms with Crippen LogP contribution in [0.25, 0.3) is 17.1 Å². The highest BCUT2D eigenvalue weighted by molar-refractivity contribution is 8.00. The third kappa shape index (κ3) is 5.10. The van der Waals surface area contributed by atoms with E-state index in [2.05, 4.69) is 20.6 Å². The van der Waals surface area contributed by atoms with E-state index in [0.717, 1.165) is 17.0 Å². The lowest BCUT2D eigenvalue weighted by Crippen LogP contribution is -2.25. The molecule has 0 saturated heterocycles. The molecule has 0 saturated carbocycles. The number of halogens is 1. The molecule has 0 aliphatic rings. The summed E-state index contributed by atoms with van der Waals surface area (Å²) >= 11 is 7.40. The summed E-state index contributed by atoms with van der Waals surface area (Å²) in [5.41, 5.74) is 1.71. The molecule has 1 N–H and O–H groups in total. The van der Waals surface area contributed by atoms with Crippen LogP contribution in [-0.4, -0.2) is 42.8 Å². The SMILES string of the molecule is COc1ccc(-n2c(SC(C)C(=O)Nc3ccnn3C(C)C)nnc2-c2ccc(Cl)cc2)cc1. The number of ether oxygens (including phenoxy) is 1. The Morgan fingerprint density at radius 2 is 1.74 bits per heavy atom. The van der Waals surface area contributed by atoms with E-state index in [0.29, 0.717) is 21.8 Å². The van der Waals surface area contributed by atoms with Crippen LogP contribution in [0.1, 0.15) is 26.8 Å². The van der Waals surface area contributed by atoms with E-state index in [1.54, 1.807) is 24.1 Å². The molecule has 0 radical (unpaired) electrons. The lowest BCUT2D eigenvalue weighted by Gasteiger charge is -2.16. The second kappa shape index (κ2) is 10.3. The zero-order chi connectivity index (χ0) is 24.2. The second-order valence-corrected chi connectivity index (χ2v) is 9.59. The third-order valence-corrected chi connectivity index (χ3v) is 6.42. The molecule has 1 unspecified atom stereocenters. The van der Waals surface area contributed by atoms with Gasteiger partial charge in [0.05, 0.1) is 18.6 Å². The van der Waals surface area contributed by atoms with E-state index in [4.69, 9.17) is 16.3 Å². The summed E-state index contributed by atoms with van der Waals surface area (Å²) in [6.07, 6.45) is 1.67. The molecule has 0 spiro atoms. The maximum Gasteiger partial charge on any atom is 0.238 e. The summed E-state index contributed by atoms with van der Waals surface area (Å²) in [4.78, 5) is 13.0. The van der Waals surface area contributed by atoms with Crippen LogP contribution in [0.5, 0.6) is 5.75 Å². The monoisotopic (exact) mass is 496 g/mol. The van der Waals surface area contributed by atoms with Crippen molar-refractivity contribution in [1.82, 2.24) is 24.5 Å². The van der Waals surface area contributed by atoms with Crippen LogP contribution in [0.15, 0.2) is 66.0 Å². The number of thioether (sulfide) groups is 1. The number of aromatic nitrogens is 5. The minimum Gasteiger partial charge on any atom is -0.497 e.